The first-order chi connectivity index (χ1) is 9.27. The van der Waals surface area contributed by atoms with Gasteiger partial charge in [0.2, 0.25) is 5.91 Å². The molecule has 104 valence electrons. The summed E-state index contributed by atoms with van der Waals surface area (Å²) in [5.41, 5.74) is -0.195. The quantitative estimate of drug-likeness (QED) is 0.810. The molecular formula is C15H22N2OS. The summed E-state index contributed by atoms with van der Waals surface area (Å²) in [6, 6.07) is 4.20. The van der Waals surface area contributed by atoms with E-state index in [1.165, 1.54) is 24.1 Å². The van der Waals surface area contributed by atoms with Crippen LogP contribution in [0.25, 0.3) is 0 Å². The van der Waals surface area contributed by atoms with Gasteiger partial charge in [0.05, 0.1) is 0 Å². The first-order valence-corrected chi connectivity index (χ1v) is 8.27. The van der Waals surface area contributed by atoms with Crippen molar-refractivity contribution in [2.45, 2.75) is 57.2 Å². The van der Waals surface area contributed by atoms with E-state index in [1.54, 1.807) is 11.3 Å². The fraction of sp³-hybridized carbons (Fsp3) is 0.667. The molecule has 3 rings (SSSR count). The molecule has 19 heavy (non-hydrogen) atoms. The van der Waals surface area contributed by atoms with Gasteiger partial charge in [0.1, 0.15) is 11.7 Å². The second-order valence-electron chi connectivity index (χ2n) is 5.70. The van der Waals surface area contributed by atoms with Gasteiger partial charge in [0.25, 0.3) is 0 Å². The largest absolute Gasteiger partial charge is 0.320 e. The topological polar surface area (TPSA) is 32.3 Å². The molecule has 1 saturated heterocycles. The van der Waals surface area contributed by atoms with Crippen LogP contribution in [0.3, 0.4) is 0 Å². The van der Waals surface area contributed by atoms with Crippen LogP contribution in [0.4, 0.5) is 0 Å². The van der Waals surface area contributed by atoms with Crippen LogP contribution >= 0.6 is 11.3 Å². The summed E-state index contributed by atoms with van der Waals surface area (Å²) < 4.78 is 0. The summed E-state index contributed by atoms with van der Waals surface area (Å²) in [6.45, 7) is 3.12. The van der Waals surface area contributed by atoms with E-state index >= 15 is 0 Å². The number of carbonyl (C=O) groups is 1. The highest BCUT2D eigenvalue weighted by Crippen LogP contribution is 2.46. The number of carbonyl (C=O) groups excluding carboxylic acids is 1. The second kappa shape index (κ2) is 5.25. The lowest BCUT2D eigenvalue weighted by molar-refractivity contribution is -0.130. The molecule has 2 heterocycles. The number of amides is 1. The van der Waals surface area contributed by atoms with Crippen LogP contribution in [-0.4, -0.2) is 22.9 Å². The number of thiophene rings is 1. The molecule has 0 radical (unpaired) electrons. The van der Waals surface area contributed by atoms with Crippen LogP contribution in [0, 0.1) is 0 Å². The molecule has 1 aliphatic carbocycles. The molecule has 1 unspecified atom stereocenters. The van der Waals surface area contributed by atoms with Crippen molar-refractivity contribution in [2.24, 2.45) is 0 Å². The van der Waals surface area contributed by atoms with E-state index in [0.29, 0.717) is 5.91 Å². The lowest BCUT2D eigenvalue weighted by atomic mass is 10.2. The van der Waals surface area contributed by atoms with E-state index in [9.17, 15) is 4.79 Å². The molecule has 1 atom stereocenters. The van der Waals surface area contributed by atoms with E-state index in [-0.39, 0.29) is 11.7 Å². The molecule has 2 fully saturated rings. The van der Waals surface area contributed by atoms with Gasteiger partial charge in [-0.1, -0.05) is 32.3 Å². The van der Waals surface area contributed by atoms with Crippen molar-refractivity contribution in [1.82, 2.24) is 10.2 Å². The van der Waals surface area contributed by atoms with Crippen molar-refractivity contribution < 1.29 is 4.79 Å². The van der Waals surface area contributed by atoms with E-state index in [0.717, 1.165) is 25.8 Å². The minimum absolute atomic E-state index is 0.122. The standard InChI is InChI=1S/C15H22N2OS/c1-2-3-4-5-10-17-13(12-7-6-11-19-12)16-15(8-9-15)14(17)18/h6-7,11,13,16H,2-5,8-10H2,1H3. The number of nitrogens with zero attached hydrogens (tertiary/aromatic N) is 1. The highest BCUT2D eigenvalue weighted by atomic mass is 32.1. The molecule has 1 amide bonds. The lowest BCUT2D eigenvalue weighted by Crippen LogP contribution is -2.32. The summed E-state index contributed by atoms with van der Waals surface area (Å²) in [6.07, 6.45) is 7.01. The molecule has 1 spiro atoms. The van der Waals surface area contributed by atoms with E-state index in [1.807, 2.05) is 0 Å². The number of unbranched alkanes of at least 4 members (excludes halogenated alkanes) is 3. The van der Waals surface area contributed by atoms with Crippen LogP contribution in [-0.2, 0) is 4.79 Å². The highest BCUT2D eigenvalue weighted by Gasteiger charge is 2.59. The average molecular weight is 278 g/mol. The third-order valence-electron chi connectivity index (χ3n) is 4.21. The van der Waals surface area contributed by atoms with Crippen molar-refractivity contribution >= 4 is 17.2 Å². The Labute approximate surface area is 119 Å². The smallest absolute Gasteiger partial charge is 0.244 e. The van der Waals surface area contributed by atoms with E-state index in [4.69, 9.17) is 0 Å². The summed E-state index contributed by atoms with van der Waals surface area (Å²) in [5.74, 6) is 0.336. The SMILES string of the molecule is CCCCCCN1C(=O)C2(CC2)NC1c1cccs1. The summed E-state index contributed by atoms with van der Waals surface area (Å²) in [4.78, 5) is 15.9. The Morgan fingerprint density at radius 3 is 2.89 bits per heavy atom. The maximum absolute atomic E-state index is 12.5. The average Bonchev–Trinajstić information content (AvgIpc) is 2.89. The van der Waals surface area contributed by atoms with Crippen LogP contribution in [0.5, 0.6) is 0 Å². The highest BCUT2D eigenvalue weighted by molar-refractivity contribution is 7.10. The van der Waals surface area contributed by atoms with Crippen molar-refractivity contribution in [3.63, 3.8) is 0 Å². The minimum atomic E-state index is -0.195. The van der Waals surface area contributed by atoms with Gasteiger partial charge in [-0.15, -0.1) is 11.3 Å². The van der Waals surface area contributed by atoms with Gasteiger partial charge >= 0.3 is 0 Å². The Morgan fingerprint density at radius 1 is 1.42 bits per heavy atom. The van der Waals surface area contributed by atoms with Gasteiger partial charge in [0, 0.05) is 11.4 Å². The number of nitrogens with one attached hydrogen (secondary N) is 1. The molecule has 0 bridgehead atoms. The van der Waals surface area contributed by atoms with Gasteiger partial charge in [-0.3, -0.25) is 10.1 Å². The Bertz CT molecular complexity index is 439. The van der Waals surface area contributed by atoms with Crippen molar-refractivity contribution in [1.29, 1.82) is 0 Å². The van der Waals surface area contributed by atoms with Gasteiger partial charge in [-0.25, -0.2) is 0 Å². The first kappa shape index (κ1) is 13.1. The third kappa shape index (κ3) is 2.43. The van der Waals surface area contributed by atoms with Crippen molar-refractivity contribution in [2.75, 3.05) is 6.54 Å². The Morgan fingerprint density at radius 2 is 2.26 bits per heavy atom. The second-order valence-corrected chi connectivity index (χ2v) is 6.68. The minimum Gasteiger partial charge on any atom is -0.320 e. The molecule has 1 aromatic heterocycles. The number of hydrogen-bond donors (Lipinski definition) is 1. The normalized spacial score (nSPS) is 24.4. The third-order valence-corrected chi connectivity index (χ3v) is 5.13. The maximum atomic E-state index is 12.5. The monoisotopic (exact) mass is 278 g/mol. The van der Waals surface area contributed by atoms with Crippen LogP contribution in [0.2, 0.25) is 0 Å². The van der Waals surface area contributed by atoms with Gasteiger partial charge in [-0.2, -0.15) is 0 Å². The molecule has 1 saturated carbocycles. The summed E-state index contributed by atoms with van der Waals surface area (Å²) in [5, 5.41) is 5.66. The van der Waals surface area contributed by atoms with Gasteiger partial charge in [-0.05, 0) is 30.7 Å². The van der Waals surface area contributed by atoms with E-state index in [2.05, 4.69) is 34.7 Å². The van der Waals surface area contributed by atoms with Crippen molar-refractivity contribution in [3.8, 4) is 0 Å². The Kier molecular flexibility index (Phi) is 3.63. The van der Waals surface area contributed by atoms with E-state index < -0.39 is 0 Å². The zero-order valence-corrected chi connectivity index (χ0v) is 12.3. The molecule has 1 N–H and O–H groups in total. The predicted octanol–water partition coefficient (Wildman–Crippen LogP) is 3.29. The molecule has 3 nitrogen and oxygen atoms in total. The maximum Gasteiger partial charge on any atom is 0.244 e. The Balaban J connectivity index is 1.68. The molecular weight excluding hydrogens is 256 g/mol. The van der Waals surface area contributed by atoms with Gasteiger partial charge in [0.15, 0.2) is 0 Å². The molecule has 0 aromatic carbocycles. The first-order valence-electron chi connectivity index (χ1n) is 7.39. The summed E-state index contributed by atoms with van der Waals surface area (Å²) >= 11 is 1.74. The van der Waals surface area contributed by atoms with Crippen LogP contribution in [0.1, 0.15) is 56.5 Å². The zero-order chi connectivity index (χ0) is 13.3. The predicted molar refractivity (Wildman–Crippen MR) is 78.0 cm³/mol. The fourth-order valence-corrected chi connectivity index (χ4v) is 3.67. The summed E-state index contributed by atoms with van der Waals surface area (Å²) in [7, 11) is 0. The van der Waals surface area contributed by atoms with Crippen LogP contribution < -0.4 is 5.32 Å². The number of hydrogen-bond acceptors (Lipinski definition) is 3. The molecule has 1 aromatic rings. The lowest BCUT2D eigenvalue weighted by Gasteiger charge is -2.23. The Hall–Kier alpha value is -0.870. The van der Waals surface area contributed by atoms with Crippen LogP contribution in [0.15, 0.2) is 17.5 Å². The number of rotatable bonds is 6. The molecule has 1 aliphatic heterocycles. The zero-order valence-electron chi connectivity index (χ0n) is 11.5. The molecule has 4 heteroatoms. The fourth-order valence-electron chi connectivity index (χ4n) is 2.89. The van der Waals surface area contributed by atoms with Crippen molar-refractivity contribution in [3.05, 3.63) is 22.4 Å². The van der Waals surface area contributed by atoms with Gasteiger partial charge < -0.3 is 4.90 Å². The molecule has 2 aliphatic rings.